The van der Waals surface area contributed by atoms with E-state index in [-0.39, 0.29) is 5.17 Å². The Morgan fingerprint density at radius 2 is 1.77 bits per heavy atom. The van der Waals surface area contributed by atoms with Crippen LogP contribution in [0.2, 0.25) is 5.21 Å². The van der Waals surface area contributed by atoms with Gasteiger partial charge < -0.3 is 10.8 Å². The lowest BCUT2D eigenvalue weighted by Crippen LogP contribution is -2.48. The van der Waals surface area contributed by atoms with E-state index in [1.165, 1.54) is 0 Å². The molecule has 9 heteroatoms. The third kappa shape index (κ3) is 2.76. The smallest absolute Gasteiger partial charge is 0.293 e. The summed E-state index contributed by atoms with van der Waals surface area (Å²) in [6.45, 7) is 0. The van der Waals surface area contributed by atoms with Gasteiger partial charge >= 0.3 is 0 Å². The molecule has 0 rings (SSSR count). The molecule has 0 bridgehead atoms. The van der Waals surface area contributed by atoms with Crippen LogP contribution >= 0.6 is 11.8 Å². The third-order valence-corrected chi connectivity index (χ3v) is 3.65. The van der Waals surface area contributed by atoms with Crippen LogP contribution in [0.1, 0.15) is 0 Å². The minimum absolute atomic E-state index is 0.0562. The molecule has 0 aliphatic rings. The molecule has 0 saturated heterocycles. The van der Waals surface area contributed by atoms with Gasteiger partial charge in [-0.3, -0.25) is 10.2 Å². The lowest BCUT2D eigenvalue weighted by Gasteiger charge is -2.37. The van der Waals surface area contributed by atoms with Gasteiger partial charge in [0, 0.05) is 5.21 Å². The summed E-state index contributed by atoms with van der Waals surface area (Å²) in [5.74, 6) is -0.883. The average molecular weight is 195 g/mol. The van der Waals surface area contributed by atoms with E-state index < -0.39 is 15.7 Å². The SMILES string of the molecule is BC(B)(SC(=N)N)C(B)(B)C(=O)O. The van der Waals surface area contributed by atoms with E-state index in [0.717, 1.165) is 11.8 Å². The summed E-state index contributed by atoms with van der Waals surface area (Å²) in [6.07, 6.45) is 0. The number of carboxylic acids is 1. The van der Waals surface area contributed by atoms with Gasteiger partial charge in [0.15, 0.2) is 0 Å². The zero-order valence-corrected chi connectivity index (χ0v) is 9.16. The second-order valence-electron chi connectivity index (χ2n) is 3.91. The van der Waals surface area contributed by atoms with Crippen LogP contribution in [0.25, 0.3) is 0 Å². The number of hydrogen-bond acceptors (Lipinski definition) is 3. The van der Waals surface area contributed by atoms with Gasteiger partial charge in [-0.2, -0.15) is 0 Å². The Morgan fingerprint density at radius 3 is 2.00 bits per heavy atom. The molecular weight excluding hydrogens is 183 g/mol. The molecule has 0 aliphatic heterocycles. The first-order chi connectivity index (χ1) is 5.61. The quantitative estimate of drug-likeness (QED) is 0.243. The molecule has 0 aromatic carbocycles. The lowest BCUT2D eigenvalue weighted by atomic mass is 9.37. The fourth-order valence-electron chi connectivity index (χ4n) is 0.660. The van der Waals surface area contributed by atoms with Gasteiger partial charge in [0.05, 0.1) is 0 Å². The molecule has 0 unspecified atom stereocenters. The number of rotatable bonds is 3. The van der Waals surface area contributed by atoms with Crippen LogP contribution in [0, 0.1) is 5.41 Å². The van der Waals surface area contributed by atoms with Crippen LogP contribution in [-0.4, -0.2) is 52.2 Å². The van der Waals surface area contributed by atoms with Gasteiger partial charge in [-0.15, -0.1) is 11.8 Å². The summed E-state index contributed by atoms with van der Waals surface area (Å²) in [5, 5.41) is 15.1. The molecule has 0 amide bonds. The molecule has 4 nitrogen and oxygen atoms in total. The number of hydrogen-bond donors (Lipinski definition) is 3. The van der Waals surface area contributed by atoms with Crippen molar-refractivity contribution in [3.63, 3.8) is 0 Å². The Hall–Kier alpha value is -0.450. The van der Waals surface area contributed by atoms with Crippen LogP contribution in [-0.2, 0) is 4.79 Å². The molecule has 0 aromatic heterocycles. The van der Waals surface area contributed by atoms with E-state index in [1.54, 1.807) is 31.4 Å². The number of thioether (sulfide) groups is 1. The van der Waals surface area contributed by atoms with Crippen molar-refractivity contribution in [2.45, 2.75) is 9.76 Å². The van der Waals surface area contributed by atoms with Crippen molar-refractivity contribution in [2.24, 2.45) is 5.73 Å². The van der Waals surface area contributed by atoms with Crippen LogP contribution in [0.5, 0.6) is 0 Å². The predicted octanol–water partition coefficient (Wildman–Crippen LogP) is -4.00. The molecule has 0 atom stereocenters. The van der Waals surface area contributed by atoms with E-state index >= 15 is 0 Å². The molecule has 0 radical (unpaired) electrons. The Labute approximate surface area is 85.5 Å². The van der Waals surface area contributed by atoms with E-state index in [2.05, 4.69) is 0 Å². The molecule has 0 heterocycles. The fraction of sp³-hybridized carbons (Fsp3) is 0.500. The van der Waals surface area contributed by atoms with E-state index in [1.807, 2.05) is 0 Å². The van der Waals surface area contributed by atoms with Crippen molar-refractivity contribution in [3.05, 3.63) is 0 Å². The van der Waals surface area contributed by atoms with Gasteiger partial charge in [0.25, 0.3) is 5.97 Å². The molecule has 4 N–H and O–H groups in total. The highest BCUT2D eigenvalue weighted by Gasteiger charge is 2.43. The van der Waals surface area contributed by atoms with E-state index in [4.69, 9.17) is 16.2 Å². The number of aliphatic carboxylic acids is 1. The van der Waals surface area contributed by atoms with Crippen molar-refractivity contribution < 1.29 is 9.90 Å². The van der Waals surface area contributed by atoms with Crippen molar-refractivity contribution >= 4 is 54.3 Å². The first-order valence-electron chi connectivity index (χ1n) is 3.87. The molecular formula is C4H12B4N2O2S. The largest absolute Gasteiger partial charge is 0.482 e. The monoisotopic (exact) mass is 196 g/mol. The Morgan fingerprint density at radius 1 is 1.38 bits per heavy atom. The predicted molar refractivity (Wildman–Crippen MR) is 66.7 cm³/mol. The molecule has 0 aromatic rings. The zero-order chi connectivity index (χ0) is 10.9. The van der Waals surface area contributed by atoms with E-state index in [0.29, 0.717) is 0 Å². The Bertz CT molecular complexity index is 244. The summed E-state index contributed by atoms with van der Waals surface area (Å²) in [7, 11) is 6.80. The van der Waals surface area contributed by atoms with E-state index in [9.17, 15) is 4.79 Å². The number of nitrogens with one attached hydrogen (secondary N) is 1. The first kappa shape index (κ1) is 12.5. The van der Waals surface area contributed by atoms with Crippen LogP contribution < -0.4 is 5.73 Å². The molecule has 0 fully saturated rings. The number of amidine groups is 1. The van der Waals surface area contributed by atoms with Gasteiger partial charge in [0.2, 0.25) is 0 Å². The molecule has 68 valence electrons. The van der Waals surface area contributed by atoms with Crippen LogP contribution in [0.15, 0.2) is 0 Å². The number of nitrogens with two attached hydrogens (primary N) is 1. The van der Waals surface area contributed by atoms with Crippen LogP contribution in [0.4, 0.5) is 0 Å². The topological polar surface area (TPSA) is 87.2 Å². The minimum Gasteiger partial charge on any atom is -0.482 e. The first-order valence-corrected chi connectivity index (χ1v) is 4.69. The summed E-state index contributed by atoms with van der Waals surface area (Å²) < 4.78 is -0.593. The highest BCUT2D eigenvalue weighted by atomic mass is 32.2. The molecule has 0 saturated carbocycles. The maximum absolute atomic E-state index is 10.9. The summed E-state index contributed by atoms with van der Waals surface area (Å²) in [4.78, 5) is 10.9. The summed E-state index contributed by atoms with van der Waals surface area (Å²) >= 11 is 1.07. The van der Waals surface area contributed by atoms with Crippen molar-refractivity contribution in [2.75, 3.05) is 0 Å². The van der Waals surface area contributed by atoms with Crippen molar-refractivity contribution in [1.29, 1.82) is 5.41 Å². The normalized spacial score (nSPS) is 12.3. The zero-order valence-electron chi connectivity index (χ0n) is 8.34. The standard InChI is InChI=1S/C4H12B4N2O2S/c5-3(6,1(11)12)4(7,8)13-2(9)10/h5-8H2,(H3,9,10)(H,11,12). The fourth-order valence-corrected chi connectivity index (χ4v) is 1.55. The maximum Gasteiger partial charge on any atom is 0.293 e. The Kier molecular flexibility index (Phi) is 3.61. The third-order valence-electron chi connectivity index (χ3n) is 2.40. The molecule has 0 spiro atoms. The van der Waals surface area contributed by atoms with Gasteiger partial charge in [-0.1, -0.05) is 0 Å². The van der Waals surface area contributed by atoms with Crippen molar-refractivity contribution in [1.82, 2.24) is 0 Å². The second-order valence-corrected chi connectivity index (χ2v) is 5.57. The van der Waals surface area contributed by atoms with Gasteiger partial charge in [-0.05, 0) is 4.55 Å². The second kappa shape index (κ2) is 3.74. The van der Waals surface area contributed by atoms with Crippen LogP contribution in [0.3, 0.4) is 0 Å². The maximum atomic E-state index is 10.9. The van der Waals surface area contributed by atoms with Crippen molar-refractivity contribution in [3.8, 4) is 0 Å². The summed E-state index contributed by atoms with van der Waals surface area (Å²) in [5.41, 5.74) is 5.23. The number of carbonyl (C=O) groups is 1. The molecule has 0 aliphatic carbocycles. The van der Waals surface area contributed by atoms with Gasteiger partial charge in [-0.25, -0.2) is 0 Å². The molecule has 13 heavy (non-hydrogen) atoms. The Balaban J connectivity index is 4.80. The van der Waals surface area contributed by atoms with Gasteiger partial charge in [0.1, 0.15) is 36.6 Å². The highest BCUT2D eigenvalue weighted by molar-refractivity contribution is 8.16. The number of carboxylic acid groups (broad SMARTS) is 1. The summed E-state index contributed by atoms with van der Waals surface area (Å²) in [6, 6.07) is 0. The minimum atomic E-state index is -0.913. The average Bonchev–Trinajstić information content (AvgIpc) is 1.83. The lowest BCUT2D eigenvalue weighted by molar-refractivity contribution is -0.138. The highest BCUT2D eigenvalue weighted by Crippen LogP contribution is 2.38.